The number of hydrogen-bond donors (Lipinski definition) is 1. The van der Waals surface area contributed by atoms with Gasteiger partial charge in [-0.3, -0.25) is 4.79 Å². The molecule has 2 aliphatic rings. The van der Waals surface area contributed by atoms with Crippen molar-refractivity contribution in [2.45, 2.75) is 30.6 Å². The zero-order valence-electron chi connectivity index (χ0n) is 12.3. The van der Waals surface area contributed by atoms with Gasteiger partial charge in [0.1, 0.15) is 4.58 Å². The highest BCUT2D eigenvalue weighted by Crippen LogP contribution is 2.31. The van der Waals surface area contributed by atoms with Crippen LogP contribution in [0.2, 0.25) is 0 Å². The summed E-state index contributed by atoms with van der Waals surface area (Å²) < 4.78 is 31.5. The molecule has 0 aromatic heterocycles. The second-order valence-electron chi connectivity index (χ2n) is 5.25. The second kappa shape index (κ2) is 7.54. The lowest BCUT2D eigenvalue weighted by Crippen LogP contribution is -2.49. The molecule has 2 saturated heterocycles. The number of carbonyl (C=O) groups is 1. The van der Waals surface area contributed by atoms with Crippen molar-refractivity contribution in [1.82, 2.24) is 9.62 Å². The molecule has 0 saturated carbocycles. The minimum absolute atomic E-state index is 0.0553. The second-order valence-corrected chi connectivity index (χ2v) is 10.1. The van der Waals surface area contributed by atoms with E-state index in [1.54, 1.807) is 23.5 Å². The van der Waals surface area contributed by atoms with Gasteiger partial charge in [-0.05, 0) is 13.8 Å². The van der Waals surface area contributed by atoms with E-state index in [1.807, 2.05) is 13.8 Å². The predicted octanol–water partition coefficient (Wildman–Crippen LogP) is 0.348. The van der Waals surface area contributed by atoms with E-state index in [0.29, 0.717) is 13.1 Å². The van der Waals surface area contributed by atoms with Crippen LogP contribution in [-0.4, -0.2) is 72.3 Å². The topological polar surface area (TPSA) is 75.7 Å². The van der Waals surface area contributed by atoms with E-state index in [0.717, 1.165) is 11.5 Å². The number of hydrogen-bond acceptors (Lipinski definition) is 6. The van der Waals surface area contributed by atoms with Crippen LogP contribution in [-0.2, 0) is 19.6 Å². The van der Waals surface area contributed by atoms with Crippen molar-refractivity contribution < 1.29 is 17.9 Å². The van der Waals surface area contributed by atoms with Crippen molar-refractivity contribution >= 4 is 39.5 Å². The Hall–Kier alpha value is 0.0400. The first-order chi connectivity index (χ1) is 9.88. The molecule has 1 N–H and O–H groups in total. The summed E-state index contributed by atoms with van der Waals surface area (Å²) in [5.41, 5.74) is 0. The Labute approximate surface area is 134 Å². The summed E-state index contributed by atoms with van der Waals surface area (Å²) in [6.45, 7) is 4.67. The van der Waals surface area contributed by atoms with E-state index >= 15 is 0 Å². The SMILES string of the molecule is C[C@H]1CN(S(=O)(=O)CCNC(=O)C2SCCS2)C[C@H](C)O1. The minimum Gasteiger partial charge on any atom is -0.373 e. The summed E-state index contributed by atoms with van der Waals surface area (Å²) in [4.78, 5) is 11.8. The molecule has 2 aliphatic heterocycles. The summed E-state index contributed by atoms with van der Waals surface area (Å²) in [7, 11) is -3.34. The van der Waals surface area contributed by atoms with Crippen molar-refractivity contribution in [3.63, 3.8) is 0 Å². The zero-order valence-corrected chi connectivity index (χ0v) is 14.7. The number of carbonyl (C=O) groups excluding carboxylic acids is 1. The quantitative estimate of drug-likeness (QED) is 0.768. The summed E-state index contributed by atoms with van der Waals surface area (Å²) in [5, 5.41) is 2.72. The summed E-state index contributed by atoms with van der Waals surface area (Å²) >= 11 is 3.22. The molecule has 2 rings (SSSR count). The van der Waals surface area contributed by atoms with Crippen LogP contribution >= 0.6 is 23.5 Å². The van der Waals surface area contributed by atoms with Crippen LogP contribution < -0.4 is 5.32 Å². The first kappa shape index (κ1) is 17.4. The van der Waals surface area contributed by atoms with Crippen LogP contribution in [0.1, 0.15) is 13.8 Å². The number of ether oxygens (including phenoxy) is 1. The van der Waals surface area contributed by atoms with Gasteiger partial charge in [0.15, 0.2) is 0 Å². The highest BCUT2D eigenvalue weighted by molar-refractivity contribution is 8.21. The number of nitrogens with one attached hydrogen (secondary N) is 1. The van der Waals surface area contributed by atoms with E-state index < -0.39 is 10.0 Å². The fourth-order valence-electron chi connectivity index (χ4n) is 2.38. The molecule has 2 heterocycles. The van der Waals surface area contributed by atoms with Gasteiger partial charge in [-0.25, -0.2) is 8.42 Å². The molecular weight excluding hydrogens is 332 g/mol. The van der Waals surface area contributed by atoms with Gasteiger partial charge in [-0.15, -0.1) is 23.5 Å². The molecule has 1 amide bonds. The van der Waals surface area contributed by atoms with Gasteiger partial charge in [0, 0.05) is 31.1 Å². The molecule has 122 valence electrons. The van der Waals surface area contributed by atoms with Crippen molar-refractivity contribution in [3.05, 3.63) is 0 Å². The predicted molar refractivity (Wildman–Crippen MR) is 87.1 cm³/mol. The lowest BCUT2D eigenvalue weighted by Gasteiger charge is -2.34. The normalized spacial score (nSPS) is 28.7. The Morgan fingerprint density at radius 2 is 1.81 bits per heavy atom. The average molecular weight is 355 g/mol. The number of morpholine rings is 1. The van der Waals surface area contributed by atoms with Gasteiger partial charge in [0.2, 0.25) is 15.9 Å². The number of amides is 1. The monoisotopic (exact) mass is 354 g/mol. The molecule has 2 fully saturated rings. The third-order valence-electron chi connectivity index (χ3n) is 3.27. The maximum absolute atomic E-state index is 12.3. The Bertz CT molecular complexity index is 455. The molecule has 2 atom stereocenters. The Balaban J connectivity index is 1.79. The van der Waals surface area contributed by atoms with Crippen molar-refractivity contribution in [2.24, 2.45) is 0 Å². The minimum atomic E-state index is -3.34. The van der Waals surface area contributed by atoms with E-state index in [2.05, 4.69) is 5.32 Å². The molecule has 0 aromatic carbocycles. The Morgan fingerprint density at radius 1 is 1.24 bits per heavy atom. The maximum Gasteiger partial charge on any atom is 0.243 e. The fourth-order valence-corrected chi connectivity index (χ4v) is 6.51. The van der Waals surface area contributed by atoms with Gasteiger partial charge in [-0.2, -0.15) is 4.31 Å². The lowest BCUT2D eigenvalue weighted by atomic mass is 10.3. The molecule has 0 spiro atoms. The maximum atomic E-state index is 12.3. The number of sulfonamides is 1. The summed E-state index contributed by atoms with van der Waals surface area (Å²) in [6, 6.07) is 0. The third kappa shape index (κ3) is 5.02. The van der Waals surface area contributed by atoms with E-state index in [4.69, 9.17) is 4.74 Å². The van der Waals surface area contributed by atoms with Crippen LogP contribution in [0, 0.1) is 0 Å². The number of thioether (sulfide) groups is 2. The number of rotatable bonds is 5. The van der Waals surface area contributed by atoms with E-state index in [-0.39, 0.29) is 35.0 Å². The summed E-state index contributed by atoms with van der Waals surface area (Å²) in [6.07, 6.45) is -0.186. The van der Waals surface area contributed by atoms with Crippen LogP contribution in [0.4, 0.5) is 0 Å². The van der Waals surface area contributed by atoms with E-state index in [1.165, 1.54) is 4.31 Å². The molecule has 21 heavy (non-hydrogen) atoms. The Morgan fingerprint density at radius 3 is 2.38 bits per heavy atom. The number of nitrogens with zero attached hydrogens (tertiary/aromatic N) is 1. The molecule has 0 bridgehead atoms. The zero-order chi connectivity index (χ0) is 15.5. The Kier molecular flexibility index (Phi) is 6.25. The van der Waals surface area contributed by atoms with Crippen molar-refractivity contribution in [3.8, 4) is 0 Å². The average Bonchev–Trinajstić information content (AvgIpc) is 2.91. The largest absolute Gasteiger partial charge is 0.373 e. The van der Waals surface area contributed by atoms with E-state index in [9.17, 15) is 13.2 Å². The highest BCUT2D eigenvalue weighted by Gasteiger charge is 2.31. The molecule has 9 heteroatoms. The summed E-state index contributed by atoms with van der Waals surface area (Å²) in [5.74, 6) is 1.83. The molecule has 0 aliphatic carbocycles. The molecule has 0 aromatic rings. The van der Waals surface area contributed by atoms with Crippen LogP contribution in [0.3, 0.4) is 0 Å². The highest BCUT2D eigenvalue weighted by atomic mass is 32.2. The lowest BCUT2D eigenvalue weighted by molar-refractivity contribution is -0.119. The third-order valence-corrected chi connectivity index (χ3v) is 8.07. The van der Waals surface area contributed by atoms with Gasteiger partial charge >= 0.3 is 0 Å². The first-order valence-corrected chi connectivity index (χ1v) is 10.7. The van der Waals surface area contributed by atoms with Gasteiger partial charge in [-0.1, -0.05) is 0 Å². The van der Waals surface area contributed by atoms with Crippen LogP contribution in [0.5, 0.6) is 0 Å². The van der Waals surface area contributed by atoms with Gasteiger partial charge in [0.05, 0.1) is 18.0 Å². The van der Waals surface area contributed by atoms with Gasteiger partial charge < -0.3 is 10.1 Å². The van der Waals surface area contributed by atoms with Crippen molar-refractivity contribution in [1.29, 1.82) is 0 Å². The molecule has 0 radical (unpaired) electrons. The van der Waals surface area contributed by atoms with Crippen LogP contribution in [0.15, 0.2) is 0 Å². The molecule has 6 nitrogen and oxygen atoms in total. The smallest absolute Gasteiger partial charge is 0.243 e. The molecule has 0 unspecified atom stereocenters. The standard InChI is InChI=1S/C12H22N2O4S3/c1-9-7-14(8-10(2)18-9)21(16,17)6-3-13-11(15)12-19-4-5-20-12/h9-10,12H,3-8H2,1-2H3,(H,13,15)/t9-,10-/m0/s1. The molecular formula is C12H22N2O4S3. The van der Waals surface area contributed by atoms with Crippen molar-refractivity contribution in [2.75, 3.05) is 36.9 Å². The first-order valence-electron chi connectivity index (χ1n) is 7.02. The van der Waals surface area contributed by atoms with Crippen LogP contribution in [0.25, 0.3) is 0 Å². The van der Waals surface area contributed by atoms with Gasteiger partial charge in [0.25, 0.3) is 0 Å². The fraction of sp³-hybridized carbons (Fsp3) is 0.917.